The van der Waals surface area contributed by atoms with Crippen molar-refractivity contribution in [1.82, 2.24) is 24.5 Å². The number of urea groups is 2. The molecule has 0 N–H and O–H groups in total. The molecular formula is C19H37N5O2. The molecule has 26 heavy (non-hydrogen) atoms. The standard InChI is InChI=1S/C19H37N5O2/c1-4-6-8-22(9-7-5-2)19(26)24-16-12-21(13-17-24)11-15-23-14-10-20(3)18(23)25/h4-17H2,1-3H3. The molecule has 0 bridgehead atoms. The number of carbonyl (C=O) groups excluding carboxylic acids is 2. The molecule has 0 aliphatic carbocycles. The first-order chi connectivity index (χ1) is 12.6. The van der Waals surface area contributed by atoms with Gasteiger partial charge in [-0.15, -0.1) is 0 Å². The number of unbranched alkanes of at least 4 members (excludes halogenated alkanes) is 2. The first kappa shape index (κ1) is 20.8. The Hall–Kier alpha value is -1.50. The molecule has 2 rings (SSSR count). The molecule has 2 aliphatic heterocycles. The maximum absolute atomic E-state index is 12.8. The van der Waals surface area contributed by atoms with Crippen LogP contribution in [0.2, 0.25) is 0 Å². The van der Waals surface area contributed by atoms with Crippen LogP contribution >= 0.6 is 0 Å². The fraction of sp³-hybridized carbons (Fsp3) is 0.895. The molecule has 0 unspecified atom stereocenters. The number of carbonyl (C=O) groups is 2. The van der Waals surface area contributed by atoms with Gasteiger partial charge < -0.3 is 19.6 Å². The van der Waals surface area contributed by atoms with Crippen molar-refractivity contribution in [2.45, 2.75) is 39.5 Å². The van der Waals surface area contributed by atoms with Crippen LogP contribution < -0.4 is 0 Å². The van der Waals surface area contributed by atoms with Gasteiger partial charge >= 0.3 is 12.1 Å². The van der Waals surface area contributed by atoms with Crippen molar-refractivity contribution in [3.8, 4) is 0 Å². The first-order valence-corrected chi connectivity index (χ1v) is 10.3. The van der Waals surface area contributed by atoms with E-state index in [-0.39, 0.29) is 12.1 Å². The topological polar surface area (TPSA) is 50.3 Å². The highest BCUT2D eigenvalue weighted by Gasteiger charge is 2.27. The Morgan fingerprint density at radius 2 is 1.54 bits per heavy atom. The molecule has 7 heteroatoms. The zero-order valence-corrected chi connectivity index (χ0v) is 17.0. The summed E-state index contributed by atoms with van der Waals surface area (Å²) in [5.74, 6) is 0. The fourth-order valence-corrected chi connectivity index (χ4v) is 3.54. The van der Waals surface area contributed by atoms with Crippen LogP contribution in [0.1, 0.15) is 39.5 Å². The van der Waals surface area contributed by atoms with Gasteiger partial charge in [0.05, 0.1) is 0 Å². The Morgan fingerprint density at radius 3 is 2.04 bits per heavy atom. The molecular weight excluding hydrogens is 330 g/mol. The second kappa shape index (κ2) is 10.6. The monoisotopic (exact) mass is 367 g/mol. The van der Waals surface area contributed by atoms with Crippen LogP contribution in [0.4, 0.5) is 9.59 Å². The van der Waals surface area contributed by atoms with Gasteiger partial charge in [-0.2, -0.15) is 0 Å². The van der Waals surface area contributed by atoms with E-state index in [1.807, 2.05) is 21.7 Å². The SMILES string of the molecule is CCCCN(CCCC)C(=O)N1CCN(CCN2CCN(C)C2=O)CC1. The van der Waals surface area contributed by atoms with Crippen LogP contribution in [-0.4, -0.2) is 109 Å². The summed E-state index contributed by atoms with van der Waals surface area (Å²) in [4.78, 5) is 34.9. The van der Waals surface area contributed by atoms with E-state index < -0.39 is 0 Å². The highest BCUT2D eigenvalue weighted by molar-refractivity contribution is 5.76. The maximum Gasteiger partial charge on any atom is 0.320 e. The minimum absolute atomic E-state index is 0.140. The van der Waals surface area contributed by atoms with Gasteiger partial charge in [0.2, 0.25) is 0 Å². The molecule has 0 radical (unpaired) electrons. The Labute approximate surface area is 158 Å². The molecule has 2 aliphatic rings. The van der Waals surface area contributed by atoms with Crippen molar-refractivity contribution in [3.63, 3.8) is 0 Å². The van der Waals surface area contributed by atoms with E-state index in [2.05, 4.69) is 18.7 Å². The zero-order chi connectivity index (χ0) is 18.9. The molecule has 0 aromatic heterocycles. The summed E-state index contributed by atoms with van der Waals surface area (Å²) in [5, 5.41) is 0. The van der Waals surface area contributed by atoms with E-state index in [0.29, 0.717) is 0 Å². The van der Waals surface area contributed by atoms with Gasteiger partial charge in [0, 0.05) is 72.5 Å². The van der Waals surface area contributed by atoms with Crippen LogP contribution in [0.15, 0.2) is 0 Å². The maximum atomic E-state index is 12.8. The third kappa shape index (κ3) is 5.76. The van der Waals surface area contributed by atoms with Gasteiger partial charge in [-0.05, 0) is 12.8 Å². The number of piperazine rings is 1. The second-order valence-corrected chi connectivity index (χ2v) is 7.50. The van der Waals surface area contributed by atoms with E-state index in [0.717, 1.165) is 91.1 Å². The lowest BCUT2D eigenvalue weighted by Gasteiger charge is -2.38. The molecule has 0 spiro atoms. The third-order valence-corrected chi connectivity index (χ3v) is 5.47. The van der Waals surface area contributed by atoms with Gasteiger partial charge in [0.1, 0.15) is 0 Å². The Kier molecular flexibility index (Phi) is 8.48. The smallest absolute Gasteiger partial charge is 0.320 e. The molecule has 2 heterocycles. The first-order valence-electron chi connectivity index (χ1n) is 10.3. The molecule has 150 valence electrons. The highest BCUT2D eigenvalue weighted by Crippen LogP contribution is 2.10. The summed E-state index contributed by atoms with van der Waals surface area (Å²) in [6.07, 6.45) is 4.39. The summed E-state index contributed by atoms with van der Waals surface area (Å²) in [5.41, 5.74) is 0. The van der Waals surface area contributed by atoms with Crippen molar-refractivity contribution in [2.24, 2.45) is 0 Å². The van der Waals surface area contributed by atoms with E-state index in [4.69, 9.17) is 0 Å². The number of hydrogen-bond donors (Lipinski definition) is 0. The molecule has 0 atom stereocenters. The number of hydrogen-bond acceptors (Lipinski definition) is 3. The van der Waals surface area contributed by atoms with Crippen LogP contribution in [-0.2, 0) is 0 Å². The van der Waals surface area contributed by atoms with E-state index in [1.165, 1.54) is 0 Å². The molecule has 0 saturated carbocycles. The van der Waals surface area contributed by atoms with Gasteiger partial charge in [-0.25, -0.2) is 9.59 Å². The molecule has 0 aromatic carbocycles. The minimum atomic E-state index is 0.140. The van der Waals surface area contributed by atoms with Gasteiger partial charge in [-0.1, -0.05) is 26.7 Å². The largest absolute Gasteiger partial charge is 0.326 e. The fourth-order valence-electron chi connectivity index (χ4n) is 3.54. The number of nitrogens with zero attached hydrogens (tertiary/aromatic N) is 5. The molecule has 2 fully saturated rings. The van der Waals surface area contributed by atoms with Crippen LogP contribution in [0.25, 0.3) is 0 Å². The number of amides is 4. The average Bonchev–Trinajstić information content (AvgIpc) is 2.98. The summed E-state index contributed by atoms with van der Waals surface area (Å²) in [6, 6.07) is 0.351. The average molecular weight is 368 g/mol. The van der Waals surface area contributed by atoms with Crippen molar-refractivity contribution in [2.75, 3.05) is 72.5 Å². The van der Waals surface area contributed by atoms with Gasteiger partial charge in [-0.3, -0.25) is 4.90 Å². The summed E-state index contributed by atoms with van der Waals surface area (Å²) in [7, 11) is 1.86. The van der Waals surface area contributed by atoms with Crippen molar-refractivity contribution in [1.29, 1.82) is 0 Å². The lowest BCUT2D eigenvalue weighted by atomic mass is 10.2. The van der Waals surface area contributed by atoms with Crippen molar-refractivity contribution >= 4 is 12.1 Å². The quantitative estimate of drug-likeness (QED) is 0.626. The Morgan fingerprint density at radius 1 is 0.923 bits per heavy atom. The van der Waals surface area contributed by atoms with Gasteiger partial charge in [0.15, 0.2) is 0 Å². The Bertz CT molecular complexity index is 443. The van der Waals surface area contributed by atoms with Crippen LogP contribution in [0.3, 0.4) is 0 Å². The summed E-state index contributed by atoms with van der Waals surface area (Å²) < 4.78 is 0. The lowest BCUT2D eigenvalue weighted by molar-refractivity contribution is 0.108. The molecule has 7 nitrogen and oxygen atoms in total. The van der Waals surface area contributed by atoms with Gasteiger partial charge in [0.25, 0.3) is 0 Å². The normalized spacial score (nSPS) is 18.7. The van der Waals surface area contributed by atoms with Crippen LogP contribution in [0.5, 0.6) is 0 Å². The summed E-state index contributed by atoms with van der Waals surface area (Å²) in [6.45, 7) is 12.8. The van der Waals surface area contributed by atoms with E-state index in [9.17, 15) is 9.59 Å². The Balaban J connectivity index is 1.73. The lowest BCUT2D eigenvalue weighted by Crippen LogP contribution is -2.54. The number of rotatable bonds is 9. The zero-order valence-electron chi connectivity index (χ0n) is 17.0. The van der Waals surface area contributed by atoms with Crippen LogP contribution in [0, 0.1) is 0 Å². The molecule has 0 aromatic rings. The van der Waals surface area contributed by atoms with E-state index in [1.54, 1.807) is 4.90 Å². The third-order valence-electron chi connectivity index (χ3n) is 5.47. The molecule has 4 amide bonds. The number of likely N-dealkylation sites (N-methyl/N-ethyl adjacent to an activating group) is 1. The predicted molar refractivity (Wildman–Crippen MR) is 104 cm³/mol. The second-order valence-electron chi connectivity index (χ2n) is 7.50. The predicted octanol–water partition coefficient (Wildman–Crippen LogP) is 1.99. The van der Waals surface area contributed by atoms with E-state index >= 15 is 0 Å². The van der Waals surface area contributed by atoms with Crippen molar-refractivity contribution < 1.29 is 9.59 Å². The minimum Gasteiger partial charge on any atom is -0.326 e. The van der Waals surface area contributed by atoms with Crippen molar-refractivity contribution in [3.05, 3.63) is 0 Å². The highest BCUT2D eigenvalue weighted by atomic mass is 16.2. The summed E-state index contributed by atoms with van der Waals surface area (Å²) >= 11 is 0. The molecule has 2 saturated heterocycles.